The van der Waals surface area contributed by atoms with Crippen LogP contribution in [0.3, 0.4) is 0 Å². The number of benzene rings is 1. The predicted octanol–water partition coefficient (Wildman–Crippen LogP) is -1.39. The number of aliphatic hydroxyl groups is 1. The maximum Gasteiger partial charge on any atom is 0.328 e. The second-order valence-corrected chi connectivity index (χ2v) is 7.90. The zero-order chi connectivity index (χ0) is 25.8. The van der Waals surface area contributed by atoms with E-state index in [1.165, 1.54) is 0 Å². The summed E-state index contributed by atoms with van der Waals surface area (Å²) in [6.07, 6.45) is -0.199. The minimum absolute atomic E-state index is 0.0292. The second kappa shape index (κ2) is 13.9. The van der Waals surface area contributed by atoms with E-state index < -0.39 is 66.9 Å². The van der Waals surface area contributed by atoms with Gasteiger partial charge in [0.15, 0.2) is 0 Å². The summed E-state index contributed by atoms with van der Waals surface area (Å²) in [6.45, 7) is 2.70. The van der Waals surface area contributed by atoms with Crippen molar-refractivity contribution in [2.45, 2.75) is 57.3 Å². The second-order valence-electron chi connectivity index (χ2n) is 7.90. The van der Waals surface area contributed by atoms with E-state index in [0.717, 1.165) is 0 Å². The molecule has 1 rings (SSSR count). The van der Waals surface area contributed by atoms with Gasteiger partial charge in [0.05, 0.1) is 19.1 Å². The summed E-state index contributed by atoms with van der Waals surface area (Å²) < 4.78 is 0. The van der Waals surface area contributed by atoms with E-state index in [4.69, 9.17) is 21.1 Å². The molecule has 34 heavy (non-hydrogen) atoms. The lowest BCUT2D eigenvalue weighted by molar-refractivity contribution is -0.144. The number of aliphatic hydroxyl groups excluding tert-OH is 1. The molecule has 188 valence electrons. The first kappa shape index (κ1) is 28.5. The van der Waals surface area contributed by atoms with E-state index in [0.29, 0.717) is 12.0 Å². The average Bonchev–Trinajstić information content (AvgIpc) is 2.80. The van der Waals surface area contributed by atoms with Crippen molar-refractivity contribution in [2.75, 3.05) is 6.61 Å². The van der Waals surface area contributed by atoms with Crippen LogP contribution in [0, 0.1) is 5.92 Å². The molecule has 0 radical (unpaired) electrons. The SMILES string of the molecule is CCC(C)C(N)C(=O)NC(Cc1ccccc1)C(=O)NC(CC(=O)O)C(=O)NC(CO)C(=O)O. The predicted molar refractivity (Wildman–Crippen MR) is 120 cm³/mol. The van der Waals surface area contributed by atoms with Crippen LogP contribution in [-0.2, 0) is 30.4 Å². The summed E-state index contributed by atoms with van der Waals surface area (Å²) in [4.78, 5) is 60.4. The van der Waals surface area contributed by atoms with Crippen LogP contribution in [0.25, 0.3) is 0 Å². The minimum Gasteiger partial charge on any atom is -0.481 e. The summed E-state index contributed by atoms with van der Waals surface area (Å²) in [5.74, 6) is -5.69. The van der Waals surface area contributed by atoms with Crippen molar-refractivity contribution in [2.24, 2.45) is 11.7 Å². The highest BCUT2D eigenvalue weighted by Crippen LogP contribution is 2.08. The Hall–Kier alpha value is -3.51. The van der Waals surface area contributed by atoms with Crippen LogP contribution in [0.15, 0.2) is 30.3 Å². The molecule has 0 bridgehead atoms. The topological polar surface area (TPSA) is 208 Å². The quantitative estimate of drug-likeness (QED) is 0.167. The van der Waals surface area contributed by atoms with Crippen LogP contribution in [0.4, 0.5) is 0 Å². The van der Waals surface area contributed by atoms with E-state index in [1.54, 1.807) is 37.3 Å². The van der Waals surface area contributed by atoms with Crippen molar-refractivity contribution in [1.82, 2.24) is 16.0 Å². The summed E-state index contributed by atoms with van der Waals surface area (Å²) in [5, 5.41) is 34.0. The minimum atomic E-state index is -1.69. The normalized spacial score (nSPS) is 15.2. The molecule has 0 aliphatic heterocycles. The Morgan fingerprint density at radius 3 is 1.91 bits per heavy atom. The summed E-state index contributed by atoms with van der Waals surface area (Å²) in [5.41, 5.74) is 6.65. The molecular formula is C22H32N4O8. The maximum absolute atomic E-state index is 13.0. The van der Waals surface area contributed by atoms with Gasteiger partial charge in [-0.15, -0.1) is 0 Å². The number of hydrogen-bond donors (Lipinski definition) is 7. The van der Waals surface area contributed by atoms with Crippen LogP contribution < -0.4 is 21.7 Å². The van der Waals surface area contributed by atoms with Crippen LogP contribution in [-0.4, -0.2) is 75.8 Å². The third kappa shape index (κ3) is 9.16. The molecule has 0 saturated heterocycles. The highest BCUT2D eigenvalue weighted by atomic mass is 16.4. The lowest BCUT2D eigenvalue weighted by atomic mass is 9.98. The first-order chi connectivity index (χ1) is 16.0. The first-order valence-electron chi connectivity index (χ1n) is 10.8. The Morgan fingerprint density at radius 2 is 1.41 bits per heavy atom. The number of nitrogens with two attached hydrogens (primary N) is 1. The van der Waals surface area contributed by atoms with Crippen LogP contribution in [0.5, 0.6) is 0 Å². The molecule has 3 amide bonds. The van der Waals surface area contributed by atoms with E-state index >= 15 is 0 Å². The Morgan fingerprint density at radius 1 is 0.882 bits per heavy atom. The van der Waals surface area contributed by atoms with Crippen molar-refractivity contribution in [3.05, 3.63) is 35.9 Å². The fourth-order valence-electron chi connectivity index (χ4n) is 2.95. The molecule has 0 aliphatic rings. The zero-order valence-corrected chi connectivity index (χ0v) is 19.1. The highest BCUT2D eigenvalue weighted by Gasteiger charge is 2.32. The van der Waals surface area contributed by atoms with Gasteiger partial charge >= 0.3 is 11.9 Å². The first-order valence-corrected chi connectivity index (χ1v) is 10.8. The van der Waals surface area contributed by atoms with Gasteiger partial charge in [-0.3, -0.25) is 19.2 Å². The van der Waals surface area contributed by atoms with Crippen LogP contribution in [0.1, 0.15) is 32.3 Å². The molecule has 0 saturated carbocycles. The molecule has 1 aromatic rings. The number of aliphatic carboxylic acids is 2. The van der Waals surface area contributed by atoms with Gasteiger partial charge in [0, 0.05) is 6.42 Å². The number of carboxylic acids is 2. The van der Waals surface area contributed by atoms with Crippen LogP contribution >= 0.6 is 0 Å². The van der Waals surface area contributed by atoms with Crippen molar-refractivity contribution >= 4 is 29.7 Å². The number of rotatable bonds is 14. The van der Waals surface area contributed by atoms with Gasteiger partial charge < -0.3 is 37.0 Å². The van der Waals surface area contributed by atoms with Crippen LogP contribution in [0.2, 0.25) is 0 Å². The zero-order valence-electron chi connectivity index (χ0n) is 19.1. The Kier molecular flexibility index (Phi) is 11.7. The third-order valence-electron chi connectivity index (χ3n) is 5.28. The molecule has 12 heteroatoms. The van der Waals surface area contributed by atoms with E-state index in [-0.39, 0.29) is 12.3 Å². The fraction of sp³-hybridized carbons (Fsp3) is 0.500. The Labute approximate surface area is 196 Å². The summed E-state index contributed by atoms with van der Waals surface area (Å²) in [6, 6.07) is 3.26. The van der Waals surface area contributed by atoms with Crippen molar-refractivity contribution < 1.29 is 39.3 Å². The fourth-order valence-corrected chi connectivity index (χ4v) is 2.95. The van der Waals surface area contributed by atoms with Gasteiger partial charge in [-0.25, -0.2) is 4.79 Å². The average molecular weight is 481 g/mol. The molecule has 0 fully saturated rings. The monoisotopic (exact) mass is 480 g/mol. The number of carboxylic acid groups (broad SMARTS) is 2. The number of carbonyl (C=O) groups is 5. The van der Waals surface area contributed by atoms with Gasteiger partial charge in [-0.05, 0) is 11.5 Å². The molecule has 5 atom stereocenters. The number of nitrogens with one attached hydrogen (secondary N) is 3. The molecule has 8 N–H and O–H groups in total. The standard InChI is InChI=1S/C22H32N4O8/c1-3-12(2)18(23)21(32)25-14(9-13-7-5-4-6-8-13)19(30)24-15(10-17(28)29)20(31)26-16(11-27)22(33)34/h4-8,12,14-16,18,27H,3,9-11,23H2,1-2H3,(H,24,30)(H,25,32)(H,26,31)(H,28,29)(H,33,34). The lowest BCUT2D eigenvalue weighted by Gasteiger charge is -2.25. The van der Waals surface area contributed by atoms with Gasteiger partial charge in [0.25, 0.3) is 0 Å². The Bertz CT molecular complexity index is 864. The maximum atomic E-state index is 13.0. The van der Waals surface area contributed by atoms with Crippen molar-refractivity contribution in [1.29, 1.82) is 0 Å². The smallest absolute Gasteiger partial charge is 0.328 e. The molecular weight excluding hydrogens is 448 g/mol. The molecule has 5 unspecified atom stereocenters. The van der Waals surface area contributed by atoms with Gasteiger partial charge in [0.2, 0.25) is 17.7 Å². The molecule has 0 heterocycles. The van der Waals surface area contributed by atoms with E-state index in [1.807, 2.05) is 12.2 Å². The van der Waals surface area contributed by atoms with Crippen molar-refractivity contribution in [3.8, 4) is 0 Å². The largest absolute Gasteiger partial charge is 0.481 e. The number of hydrogen-bond acceptors (Lipinski definition) is 7. The van der Waals surface area contributed by atoms with Gasteiger partial charge in [-0.1, -0.05) is 50.6 Å². The lowest BCUT2D eigenvalue weighted by Crippen LogP contribution is -2.58. The molecule has 12 nitrogen and oxygen atoms in total. The van der Waals surface area contributed by atoms with Gasteiger partial charge in [0.1, 0.15) is 18.1 Å². The number of carbonyl (C=O) groups excluding carboxylic acids is 3. The molecule has 0 aliphatic carbocycles. The molecule has 1 aromatic carbocycles. The summed E-state index contributed by atoms with van der Waals surface area (Å²) >= 11 is 0. The Balaban J connectivity index is 3.10. The molecule has 0 spiro atoms. The highest BCUT2D eigenvalue weighted by molar-refractivity contribution is 5.95. The number of amides is 3. The van der Waals surface area contributed by atoms with E-state index in [2.05, 4.69) is 10.6 Å². The summed E-state index contributed by atoms with van der Waals surface area (Å²) in [7, 11) is 0. The van der Waals surface area contributed by atoms with E-state index in [9.17, 15) is 24.0 Å². The third-order valence-corrected chi connectivity index (χ3v) is 5.28. The van der Waals surface area contributed by atoms with Crippen molar-refractivity contribution in [3.63, 3.8) is 0 Å². The molecule has 0 aromatic heterocycles. The van der Waals surface area contributed by atoms with Gasteiger partial charge in [-0.2, -0.15) is 0 Å².